The van der Waals surface area contributed by atoms with Crippen LogP contribution in [0.3, 0.4) is 0 Å². The molecule has 1 atom stereocenters. The SMILES string of the molecule is NCCC1CN(c2ccccn2)C(=O)O1. The van der Waals surface area contributed by atoms with Gasteiger partial charge >= 0.3 is 6.09 Å². The van der Waals surface area contributed by atoms with Crippen molar-refractivity contribution >= 4 is 11.9 Å². The average Bonchev–Trinajstić information content (AvgIpc) is 2.61. The predicted octanol–water partition coefficient (Wildman–Crippen LogP) is 0.756. The van der Waals surface area contributed by atoms with Crippen LogP contribution >= 0.6 is 0 Å². The second kappa shape index (κ2) is 4.27. The Morgan fingerprint density at radius 2 is 2.47 bits per heavy atom. The second-order valence-electron chi connectivity index (χ2n) is 3.38. The predicted molar refractivity (Wildman–Crippen MR) is 55.5 cm³/mol. The number of pyridine rings is 1. The van der Waals surface area contributed by atoms with E-state index in [1.54, 1.807) is 12.3 Å². The molecule has 2 N–H and O–H groups in total. The molecule has 80 valence electrons. The molecule has 1 aromatic heterocycles. The molecule has 1 amide bonds. The largest absolute Gasteiger partial charge is 0.444 e. The van der Waals surface area contributed by atoms with Gasteiger partial charge in [0.25, 0.3) is 0 Å². The number of nitrogens with zero attached hydrogens (tertiary/aromatic N) is 2. The molecule has 2 heterocycles. The van der Waals surface area contributed by atoms with Crippen LogP contribution in [0.15, 0.2) is 24.4 Å². The van der Waals surface area contributed by atoms with Gasteiger partial charge in [-0.25, -0.2) is 9.78 Å². The highest BCUT2D eigenvalue weighted by Gasteiger charge is 2.32. The van der Waals surface area contributed by atoms with E-state index in [4.69, 9.17) is 10.5 Å². The standard InChI is InChI=1S/C10H13N3O2/c11-5-4-8-7-13(10(14)15-8)9-3-1-2-6-12-9/h1-3,6,8H,4-5,7,11H2. The van der Waals surface area contributed by atoms with Gasteiger partial charge in [0.2, 0.25) is 0 Å². The number of hydrogen-bond donors (Lipinski definition) is 1. The number of anilines is 1. The van der Waals surface area contributed by atoms with E-state index in [1.807, 2.05) is 12.1 Å². The summed E-state index contributed by atoms with van der Waals surface area (Å²) in [5, 5.41) is 0. The molecule has 0 aliphatic carbocycles. The minimum atomic E-state index is -0.341. The van der Waals surface area contributed by atoms with Gasteiger partial charge in [0.05, 0.1) is 6.54 Å². The molecule has 5 nitrogen and oxygen atoms in total. The highest BCUT2D eigenvalue weighted by atomic mass is 16.6. The van der Waals surface area contributed by atoms with E-state index in [-0.39, 0.29) is 12.2 Å². The third kappa shape index (κ3) is 2.07. The van der Waals surface area contributed by atoms with Crippen molar-refractivity contribution in [2.75, 3.05) is 18.0 Å². The summed E-state index contributed by atoms with van der Waals surface area (Å²) >= 11 is 0. The summed E-state index contributed by atoms with van der Waals surface area (Å²) in [5.74, 6) is 0.627. The third-order valence-electron chi connectivity index (χ3n) is 2.29. The summed E-state index contributed by atoms with van der Waals surface area (Å²) in [6.07, 6.45) is 1.89. The Hall–Kier alpha value is -1.62. The van der Waals surface area contributed by atoms with E-state index >= 15 is 0 Å². The number of carbonyl (C=O) groups is 1. The highest BCUT2D eigenvalue weighted by molar-refractivity contribution is 5.88. The molecule has 15 heavy (non-hydrogen) atoms. The first kappa shape index (κ1) is 9.92. The first-order chi connectivity index (χ1) is 7.31. The normalized spacial score (nSPS) is 20.5. The molecular formula is C10H13N3O2. The number of hydrogen-bond acceptors (Lipinski definition) is 4. The second-order valence-corrected chi connectivity index (χ2v) is 3.38. The van der Waals surface area contributed by atoms with Crippen molar-refractivity contribution in [3.8, 4) is 0 Å². The molecule has 0 spiro atoms. The monoisotopic (exact) mass is 207 g/mol. The maximum atomic E-state index is 11.5. The van der Waals surface area contributed by atoms with Crippen molar-refractivity contribution in [3.63, 3.8) is 0 Å². The summed E-state index contributed by atoms with van der Waals surface area (Å²) in [7, 11) is 0. The molecule has 1 aliphatic rings. The van der Waals surface area contributed by atoms with Gasteiger partial charge in [-0.1, -0.05) is 6.07 Å². The quantitative estimate of drug-likeness (QED) is 0.794. The van der Waals surface area contributed by atoms with Crippen molar-refractivity contribution < 1.29 is 9.53 Å². The Morgan fingerprint density at radius 1 is 1.60 bits per heavy atom. The average molecular weight is 207 g/mol. The Labute approximate surface area is 87.8 Å². The van der Waals surface area contributed by atoms with Crippen LogP contribution < -0.4 is 10.6 Å². The lowest BCUT2D eigenvalue weighted by Gasteiger charge is -2.10. The Morgan fingerprint density at radius 3 is 3.13 bits per heavy atom. The highest BCUT2D eigenvalue weighted by Crippen LogP contribution is 2.19. The zero-order chi connectivity index (χ0) is 10.7. The fraction of sp³-hybridized carbons (Fsp3) is 0.400. The number of cyclic esters (lactones) is 1. The zero-order valence-corrected chi connectivity index (χ0v) is 8.30. The molecule has 0 radical (unpaired) electrons. The molecule has 0 aromatic carbocycles. The summed E-state index contributed by atoms with van der Waals surface area (Å²) < 4.78 is 5.14. The van der Waals surface area contributed by atoms with E-state index in [0.29, 0.717) is 25.3 Å². The van der Waals surface area contributed by atoms with E-state index in [9.17, 15) is 4.79 Å². The van der Waals surface area contributed by atoms with Gasteiger partial charge in [-0.05, 0) is 25.1 Å². The lowest BCUT2D eigenvalue weighted by Crippen LogP contribution is -2.25. The Kier molecular flexibility index (Phi) is 2.82. The lowest BCUT2D eigenvalue weighted by molar-refractivity contribution is 0.138. The van der Waals surface area contributed by atoms with Crippen molar-refractivity contribution in [1.82, 2.24) is 4.98 Å². The molecule has 1 aromatic rings. The topological polar surface area (TPSA) is 68.5 Å². The summed E-state index contributed by atoms with van der Waals surface area (Å²) in [4.78, 5) is 17.1. The Balaban J connectivity index is 2.09. The van der Waals surface area contributed by atoms with Crippen LogP contribution in [0.2, 0.25) is 0 Å². The maximum Gasteiger partial charge on any atom is 0.415 e. The van der Waals surface area contributed by atoms with E-state index in [1.165, 1.54) is 4.90 Å². The van der Waals surface area contributed by atoms with E-state index < -0.39 is 0 Å². The number of carbonyl (C=O) groups excluding carboxylic acids is 1. The molecule has 1 unspecified atom stereocenters. The summed E-state index contributed by atoms with van der Waals surface area (Å²) in [6, 6.07) is 5.43. The van der Waals surface area contributed by atoms with Crippen LogP contribution in [0.1, 0.15) is 6.42 Å². The molecule has 2 rings (SSSR count). The van der Waals surface area contributed by atoms with Crippen LogP contribution in [0.25, 0.3) is 0 Å². The van der Waals surface area contributed by atoms with Gasteiger partial charge in [0.15, 0.2) is 0 Å². The number of ether oxygens (including phenoxy) is 1. The van der Waals surface area contributed by atoms with Crippen LogP contribution in [0, 0.1) is 0 Å². The fourth-order valence-electron chi connectivity index (χ4n) is 1.56. The number of nitrogens with two attached hydrogens (primary N) is 1. The fourth-order valence-corrected chi connectivity index (χ4v) is 1.56. The molecular weight excluding hydrogens is 194 g/mol. The maximum absolute atomic E-state index is 11.5. The van der Waals surface area contributed by atoms with E-state index in [2.05, 4.69) is 4.98 Å². The van der Waals surface area contributed by atoms with Crippen LogP contribution in [0.5, 0.6) is 0 Å². The molecule has 0 bridgehead atoms. The first-order valence-corrected chi connectivity index (χ1v) is 4.90. The Bertz CT molecular complexity index is 342. The smallest absolute Gasteiger partial charge is 0.415 e. The van der Waals surface area contributed by atoms with Crippen molar-refractivity contribution in [2.45, 2.75) is 12.5 Å². The van der Waals surface area contributed by atoms with Gasteiger partial charge in [-0.3, -0.25) is 4.90 Å². The molecule has 1 fully saturated rings. The van der Waals surface area contributed by atoms with Gasteiger partial charge < -0.3 is 10.5 Å². The van der Waals surface area contributed by atoms with Crippen LogP contribution in [0.4, 0.5) is 10.6 Å². The van der Waals surface area contributed by atoms with Gasteiger partial charge in [-0.15, -0.1) is 0 Å². The molecule has 1 saturated heterocycles. The first-order valence-electron chi connectivity index (χ1n) is 4.90. The van der Waals surface area contributed by atoms with Gasteiger partial charge in [0.1, 0.15) is 11.9 Å². The van der Waals surface area contributed by atoms with Crippen molar-refractivity contribution in [3.05, 3.63) is 24.4 Å². The number of amides is 1. The molecule has 1 aliphatic heterocycles. The lowest BCUT2D eigenvalue weighted by atomic mass is 10.2. The summed E-state index contributed by atoms with van der Waals surface area (Å²) in [5.41, 5.74) is 5.41. The van der Waals surface area contributed by atoms with E-state index in [0.717, 1.165) is 0 Å². The van der Waals surface area contributed by atoms with Gasteiger partial charge in [-0.2, -0.15) is 0 Å². The minimum absolute atomic E-state index is 0.107. The molecule has 0 saturated carbocycles. The number of rotatable bonds is 3. The minimum Gasteiger partial charge on any atom is -0.444 e. The van der Waals surface area contributed by atoms with Crippen molar-refractivity contribution in [2.24, 2.45) is 5.73 Å². The van der Waals surface area contributed by atoms with Crippen molar-refractivity contribution in [1.29, 1.82) is 0 Å². The summed E-state index contributed by atoms with van der Waals surface area (Å²) in [6.45, 7) is 1.06. The van der Waals surface area contributed by atoms with Gasteiger partial charge in [0, 0.05) is 6.20 Å². The van der Waals surface area contributed by atoms with Crippen LogP contribution in [-0.4, -0.2) is 30.3 Å². The van der Waals surface area contributed by atoms with Crippen LogP contribution in [-0.2, 0) is 4.74 Å². The molecule has 5 heteroatoms. The third-order valence-corrected chi connectivity index (χ3v) is 2.29. The zero-order valence-electron chi connectivity index (χ0n) is 8.30. The number of aromatic nitrogens is 1.